The average Bonchev–Trinajstić information content (AvgIpc) is 3.20. The highest BCUT2D eigenvalue weighted by Crippen LogP contribution is 2.24. The molecule has 0 radical (unpaired) electrons. The maximum atomic E-state index is 12.2. The summed E-state index contributed by atoms with van der Waals surface area (Å²) in [6.07, 6.45) is 1.39. The van der Waals surface area contributed by atoms with Crippen LogP contribution < -0.4 is 15.3 Å². The quantitative estimate of drug-likeness (QED) is 0.282. The third kappa shape index (κ3) is 6.17. The van der Waals surface area contributed by atoms with Gasteiger partial charge in [0, 0.05) is 17.7 Å². The second-order valence-electron chi connectivity index (χ2n) is 6.70. The second-order valence-corrected chi connectivity index (χ2v) is 7.64. The van der Waals surface area contributed by atoms with Crippen molar-refractivity contribution in [2.75, 3.05) is 12.4 Å². The van der Waals surface area contributed by atoms with Crippen molar-refractivity contribution in [2.24, 2.45) is 5.10 Å². The molecule has 0 unspecified atom stereocenters. The summed E-state index contributed by atoms with van der Waals surface area (Å²) in [5, 5.41) is 23.6. The van der Waals surface area contributed by atoms with Crippen LogP contribution in [0.25, 0.3) is 11.4 Å². The lowest BCUT2D eigenvalue weighted by Gasteiger charge is -2.09. The van der Waals surface area contributed by atoms with Crippen molar-refractivity contribution in [1.29, 1.82) is 0 Å². The van der Waals surface area contributed by atoms with Crippen LogP contribution in [0.15, 0.2) is 58.8 Å². The summed E-state index contributed by atoms with van der Waals surface area (Å²) in [5.41, 5.74) is 5.09. The smallest absolute Gasteiger partial charge is 0.250 e. The minimum Gasteiger partial charge on any atom is -0.546 e. The molecular formula is C22H22N5O4S-. The number of thioether (sulfide) groups is 1. The highest BCUT2D eigenvalue weighted by atomic mass is 32.2. The number of nitrogens with zero attached hydrogens (tertiary/aromatic N) is 4. The van der Waals surface area contributed by atoms with Gasteiger partial charge in [0.05, 0.1) is 17.9 Å². The SMILES string of the molecule is CCn1c(SCC(=O)N/N=C\c2ccccc2OCC(=O)[O-])nnc1-c1ccc(C)cc1. The van der Waals surface area contributed by atoms with Gasteiger partial charge in [-0.25, -0.2) is 5.43 Å². The van der Waals surface area contributed by atoms with Gasteiger partial charge in [-0.15, -0.1) is 10.2 Å². The van der Waals surface area contributed by atoms with Crippen LogP contribution in [0.3, 0.4) is 0 Å². The van der Waals surface area contributed by atoms with Crippen LogP contribution in [0.5, 0.6) is 5.75 Å². The first-order valence-corrected chi connectivity index (χ1v) is 10.8. The summed E-state index contributed by atoms with van der Waals surface area (Å²) in [6.45, 7) is 4.11. The van der Waals surface area contributed by atoms with Crippen LogP contribution in [-0.2, 0) is 16.1 Å². The topological polar surface area (TPSA) is 122 Å². The van der Waals surface area contributed by atoms with Gasteiger partial charge in [-0.05, 0) is 26.0 Å². The molecule has 0 fully saturated rings. The molecule has 0 aliphatic heterocycles. The van der Waals surface area contributed by atoms with Crippen molar-refractivity contribution in [2.45, 2.75) is 25.5 Å². The molecule has 0 bridgehead atoms. The van der Waals surface area contributed by atoms with E-state index in [0.717, 1.165) is 17.0 Å². The van der Waals surface area contributed by atoms with Crippen LogP contribution >= 0.6 is 11.8 Å². The molecule has 10 heteroatoms. The molecule has 1 aromatic heterocycles. The van der Waals surface area contributed by atoms with Crippen LogP contribution in [0, 0.1) is 6.92 Å². The first kappa shape index (κ1) is 23.0. The van der Waals surface area contributed by atoms with Crippen molar-refractivity contribution in [1.82, 2.24) is 20.2 Å². The van der Waals surface area contributed by atoms with E-state index in [4.69, 9.17) is 4.74 Å². The number of benzene rings is 2. The molecule has 9 nitrogen and oxygen atoms in total. The zero-order valence-corrected chi connectivity index (χ0v) is 18.5. The number of hydrazone groups is 1. The van der Waals surface area contributed by atoms with Crippen LogP contribution in [0.1, 0.15) is 18.1 Å². The number of aromatic nitrogens is 3. The highest BCUT2D eigenvalue weighted by molar-refractivity contribution is 7.99. The molecule has 2 aromatic carbocycles. The minimum absolute atomic E-state index is 0.103. The largest absolute Gasteiger partial charge is 0.546 e. The molecular weight excluding hydrogens is 430 g/mol. The molecule has 1 heterocycles. The lowest BCUT2D eigenvalue weighted by Crippen LogP contribution is -2.29. The molecule has 0 aliphatic carbocycles. The number of aryl methyl sites for hydroxylation is 1. The molecule has 0 aliphatic rings. The Bertz CT molecular complexity index is 1110. The Labute approximate surface area is 189 Å². The fraction of sp³-hybridized carbons (Fsp3) is 0.227. The number of ether oxygens (including phenoxy) is 1. The monoisotopic (exact) mass is 452 g/mol. The van der Waals surface area contributed by atoms with Gasteiger partial charge in [-0.2, -0.15) is 5.10 Å². The molecule has 0 saturated heterocycles. The summed E-state index contributed by atoms with van der Waals surface area (Å²) < 4.78 is 7.10. The van der Waals surface area contributed by atoms with E-state index in [2.05, 4.69) is 20.7 Å². The van der Waals surface area contributed by atoms with E-state index in [1.807, 2.05) is 42.7 Å². The highest BCUT2D eigenvalue weighted by Gasteiger charge is 2.14. The van der Waals surface area contributed by atoms with E-state index in [-0.39, 0.29) is 11.7 Å². The van der Waals surface area contributed by atoms with Gasteiger partial charge in [-0.3, -0.25) is 4.79 Å². The number of amides is 1. The normalized spacial score (nSPS) is 10.9. The summed E-state index contributed by atoms with van der Waals surface area (Å²) >= 11 is 1.27. The number of carboxylic acid groups (broad SMARTS) is 1. The molecule has 32 heavy (non-hydrogen) atoms. The number of carboxylic acids is 1. The third-order valence-electron chi connectivity index (χ3n) is 4.33. The van der Waals surface area contributed by atoms with Gasteiger partial charge in [0.1, 0.15) is 12.4 Å². The van der Waals surface area contributed by atoms with Crippen LogP contribution in [0.2, 0.25) is 0 Å². The van der Waals surface area contributed by atoms with Gasteiger partial charge in [0.2, 0.25) is 0 Å². The maximum Gasteiger partial charge on any atom is 0.250 e. The summed E-state index contributed by atoms with van der Waals surface area (Å²) in [6, 6.07) is 14.8. The van der Waals surface area contributed by atoms with Gasteiger partial charge in [0.15, 0.2) is 11.0 Å². The van der Waals surface area contributed by atoms with Crippen LogP contribution in [-0.4, -0.2) is 45.2 Å². The summed E-state index contributed by atoms with van der Waals surface area (Å²) in [5.74, 6) is -0.466. The Hall–Kier alpha value is -3.66. The fourth-order valence-electron chi connectivity index (χ4n) is 2.79. The second kappa shape index (κ2) is 11.1. The molecule has 166 valence electrons. The Morgan fingerprint density at radius 2 is 1.94 bits per heavy atom. The van der Waals surface area contributed by atoms with Crippen molar-refractivity contribution in [3.8, 4) is 17.1 Å². The number of para-hydroxylation sites is 1. The lowest BCUT2D eigenvalue weighted by atomic mass is 10.1. The molecule has 3 rings (SSSR count). The maximum absolute atomic E-state index is 12.2. The number of rotatable bonds is 10. The molecule has 3 aromatic rings. The Balaban J connectivity index is 1.58. The van der Waals surface area contributed by atoms with Crippen LogP contribution in [0.4, 0.5) is 0 Å². The first-order chi connectivity index (χ1) is 15.5. The zero-order valence-electron chi connectivity index (χ0n) is 17.6. The number of aliphatic carboxylic acids is 1. The Morgan fingerprint density at radius 3 is 2.66 bits per heavy atom. The number of hydrogen-bond donors (Lipinski definition) is 1. The van der Waals surface area contributed by atoms with E-state index < -0.39 is 12.6 Å². The van der Waals surface area contributed by atoms with E-state index in [1.54, 1.807) is 24.3 Å². The van der Waals surface area contributed by atoms with E-state index in [1.165, 1.54) is 18.0 Å². The number of nitrogens with one attached hydrogen (secondary N) is 1. The van der Waals surface area contributed by atoms with Gasteiger partial charge < -0.3 is 19.2 Å². The fourth-order valence-corrected chi connectivity index (χ4v) is 3.58. The number of carbonyl (C=O) groups excluding carboxylic acids is 2. The molecule has 0 atom stereocenters. The minimum atomic E-state index is -1.33. The molecule has 1 amide bonds. The lowest BCUT2D eigenvalue weighted by molar-refractivity contribution is -0.307. The molecule has 1 N–H and O–H groups in total. The average molecular weight is 453 g/mol. The molecule has 0 saturated carbocycles. The number of carbonyl (C=O) groups is 2. The third-order valence-corrected chi connectivity index (χ3v) is 5.30. The van der Waals surface area contributed by atoms with E-state index in [0.29, 0.717) is 23.0 Å². The summed E-state index contributed by atoms with van der Waals surface area (Å²) in [4.78, 5) is 22.8. The Morgan fingerprint density at radius 1 is 1.19 bits per heavy atom. The predicted octanol–water partition coefficient (Wildman–Crippen LogP) is 1.64. The van der Waals surface area contributed by atoms with Crippen molar-refractivity contribution < 1.29 is 19.4 Å². The van der Waals surface area contributed by atoms with Gasteiger partial charge in [-0.1, -0.05) is 53.7 Å². The standard InChI is InChI=1S/C22H23N5O4S/c1-3-27-21(16-10-8-15(2)9-11-16)25-26-22(27)32-14-19(28)24-23-12-17-6-4-5-7-18(17)31-13-20(29)30/h4-12H,3,13-14H2,1-2H3,(H,24,28)(H,29,30)/p-1/b23-12-. The van der Waals surface area contributed by atoms with Crippen molar-refractivity contribution in [3.05, 3.63) is 59.7 Å². The first-order valence-electron chi connectivity index (χ1n) is 9.84. The van der Waals surface area contributed by atoms with Crippen molar-refractivity contribution in [3.63, 3.8) is 0 Å². The predicted molar refractivity (Wildman–Crippen MR) is 119 cm³/mol. The summed E-state index contributed by atoms with van der Waals surface area (Å²) in [7, 11) is 0. The Kier molecular flexibility index (Phi) is 7.98. The van der Waals surface area contributed by atoms with Gasteiger partial charge in [0.25, 0.3) is 5.91 Å². The van der Waals surface area contributed by atoms with Crippen molar-refractivity contribution >= 4 is 29.9 Å². The van der Waals surface area contributed by atoms with Gasteiger partial charge >= 0.3 is 0 Å². The number of hydrogen-bond acceptors (Lipinski definition) is 8. The molecule has 0 spiro atoms. The van der Waals surface area contributed by atoms with E-state index in [9.17, 15) is 14.7 Å². The van der Waals surface area contributed by atoms with E-state index >= 15 is 0 Å². The zero-order chi connectivity index (χ0) is 22.9.